The second kappa shape index (κ2) is 8.85. The number of carbonyl (C=O) groups is 1. The molecule has 4 fully saturated rings. The van der Waals surface area contributed by atoms with Crippen molar-refractivity contribution in [2.45, 2.75) is 103 Å². The van der Waals surface area contributed by atoms with Gasteiger partial charge in [-0.25, -0.2) is 0 Å². The van der Waals surface area contributed by atoms with Gasteiger partial charge < -0.3 is 15.3 Å². The lowest BCUT2D eigenvalue weighted by Crippen LogP contribution is -2.37. The van der Waals surface area contributed by atoms with Crippen LogP contribution in [0, 0.1) is 29.1 Å². The third-order valence-corrected chi connectivity index (χ3v) is 9.53. The summed E-state index contributed by atoms with van der Waals surface area (Å²) < 4.78 is 0. The lowest BCUT2D eigenvalue weighted by molar-refractivity contribution is -0.135. The number of aliphatic hydroxyl groups excluding tert-OH is 2. The number of ketones is 1. The summed E-state index contributed by atoms with van der Waals surface area (Å²) >= 11 is 0. The van der Waals surface area contributed by atoms with Crippen LogP contribution in [0.4, 0.5) is 0 Å². The topological polar surface area (TPSA) is 77.8 Å². The van der Waals surface area contributed by atoms with E-state index < -0.39 is 17.8 Å². The van der Waals surface area contributed by atoms with Gasteiger partial charge in [-0.1, -0.05) is 38.2 Å². The summed E-state index contributed by atoms with van der Waals surface area (Å²) in [4.78, 5) is 12.6. The van der Waals surface area contributed by atoms with Crippen LogP contribution >= 0.6 is 0 Å². The zero-order valence-electron chi connectivity index (χ0n) is 20.1. The number of rotatable bonds is 4. The minimum atomic E-state index is -1.12. The number of allylic oxidation sites excluding steroid dienone is 3. The fourth-order valence-corrected chi connectivity index (χ4v) is 7.67. The van der Waals surface area contributed by atoms with Gasteiger partial charge in [0.1, 0.15) is 5.60 Å². The summed E-state index contributed by atoms with van der Waals surface area (Å²) in [7, 11) is 0. The van der Waals surface area contributed by atoms with E-state index in [0.29, 0.717) is 37.0 Å². The van der Waals surface area contributed by atoms with Gasteiger partial charge in [0.15, 0.2) is 5.78 Å². The van der Waals surface area contributed by atoms with E-state index in [-0.39, 0.29) is 17.1 Å². The average molecular weight is 443 g/mol. The number of Topliss-reactive ketones (excluding diaryl/α,β-unsaturated/α-hetero) is 1. The van der Waals surface area contributed by atoms with E-state index in [1.165, 1.54) is 31.3 Å². The van der Waals surface area contributed by atoms with Crippen LogP contribution in [0.25, 0.3) is 0 Å². The molecule has 32 heavy (non-hydrogen) atoms. The smallest absolute Gasteiger partial charge is 0.167 e. The van der Waals surface area contributed by atoms with Crippen molar-refractivity contribution >= 4 is 5.78 Å². The molecule has 0 aliphatic heterocycles. The van der Waals surface area contributed by atoms with Gasteiger partial charge in [0.25, 0.3) is 0 Å². The van der Waals surface area contributed by atoms with Crippen molar-refractivity contribution in [1.29, 1.82) is 0 Å². The second-order valence-electron chi connectivity index (χ2n) is 11.8. The molecule has 0 saturated heterocycles. The van der Waals surface area contributed by atoms with Crippen LogP contribution in [0.1, 0.15) is 85.0 Å². The van der Waals surface area contributed by atoms with Gasteiger partial charge in [0.2, 0.25) is 0 Å². The summed E-state index contributed by atoms with van der Waals surface area (Å²) in [6, 6.07) is 0. The van der Waals surface area contributed by atoms with Crippen LogP contribution in [0.2, 0.25) is 0 Å². The molecule has 0 radical (unpaired) electrons. The van der Waals surface area contributed by atoms with Crippen molar-refractivity contribution in [3.63, 3.8) is 0 Å². The van der Waals surface area contributed by atoms with E-state index in [1.807, 2.05) is 0 Å². The van der Waals surface area contributed by atoms with Crippen LogP contribution in [0.15, 0.2) is 35.5 Å². The van der Waals surface area contributed by atoms with Crippen LogP contribution in [0.3, 0.4) is 0 Å². The maximum atomic E-state index is 12.6. The third kappa shape index (κ3) is 4.31. The molecule has 4 rings (SSSR count). The highest BCUT2D eigenvalue weighted by molar-refractivity contribution is 5.90. The highest BCUT2D eigenvalue weighted by atomic mass is 16.3. The molecule has 8 atom stereocenters. The average Bonchev–Trinajstić information content (AvgIpc) is 3.21. The van der Waals surface area contributed by atoms with Crippen molar-refractivity contribution in [1.82, 2.24) is 0 Å². The Bertz CT molecular complexity index is 821. The molecule has 4 saturated carbocycles. The lowest BCUT2D eigenvalue weighted by Gasteiger charge is -2.44. The van der Waals surface area contributed by atoms with Crippen LogP contribution < -0.4 is 0 Å². The summed E-state index contributed by atoms with van der Waals surface area (Å²) in [5.41, 5.74) is 2.37. The first kappa shape index (κ1) is 23.9. The SMILES string of the molecule is C=C1/C(=C\C=C2/CCC[C@]3(C)[C@@H]([C@H](C)CC4CCC(C)(O)C4=O)CC[C@@H]23)C[C@@H](O)C[C@@H]1O. The molecule has 4 nitrogen and oxygen atoms in total. The van der Waals surface area contributed by atoms with E-state index in [0.717, 1.165) is 30.4 Å². The highest BCUT2D eigenvalue weighted by Gasteiger charge is 2.52. The van der Waals surface area contributed by atoms with Crippen molar-refractivity contribution in [2.75, 3.05) is 0 Å². The van der Waals surface area contributed by atoms with E-state index in [2.05, 4.69) is 32.6 Å². The molecule has 0 amide bonds. The quantitative estimate of drug-likeness (QED) is 0.580. The summed E-state index contributed by atoms with van der Waals surface area (Å²) in [5, 5.41) is 30.5. The van der Waals surface area contributed by atoms with E-state index >= 15 is 0 Å². The normalized spacial score (nSPS) is 46.1. The molecule has 0 aromatic heterocycles. The van der Waals surface area contributed by atoms with Gasteiger partial charge in [-0.2, -0.15) is 0 Å². The number of carbonyl (C=O) groups excluding carboxylic acids is 1. The van der Waals surface area contributed by atoms with E-state index in [9.17, 15) is 20.1 Å². The maximum Gasteiger partial charge on any atom is 0.167 e. The van der Waals surface area contributed by atoms with Gasteiger partial charge in [0, 0.05) is 12.3 Å². The molecule has 0 aromatic carbocycles. The Balaban J connectivity index is 1.48. The molecule has 3 N–H and O–H groups in total. The van der Waals surface area contributed by atoms with Gasteiger partial charge in [-0.3, -0.25) is 4.79 Å². The summed E-state index contributed by atoms with van der Waals surface area (Å²) in [6.07, 6.45) is 12.5. The van der Waals surface area contributed by atoms with Crippen molar-refractivity contribution < 1.29 is 20.1 Å². The summed E-state index contributed by atoms with van der Waals surface area (Å²) in [6.45, 7) is 10.5. The molecule has 4 aliphatic carbocycles. The zero-order chi connectivity index (χ0) is 23.3. The maximum absolute atomic E-state index is 12.6. The first-order chi connectivity index (χ1) is 15.0. The number of hydrogen-bond acceptors (Lipinski definition) is 4. The molecule has 178 valence electrons. The Hall–Kier alpha value is -1.23. The number of aliphatic hydroxyl groups is 3. The van der Waals surface area contributed by atoms with Gasteiger partial charge in [0.05, 0.1) is 12.2 Å². The molecular formula is C28H42O4. The fourth-order valence-electron chi connectivity index (χ4n) is 7.67. The second-order valence-corrected chi connectivity index (χ2v) is 11.8. The van der Waals surface area contributed by atoms with E-state index in [1.54, 1.807) is 6.92 Å². The first-order valence-electron chi connectivity index (χ1n) is 12.7. The van der Waals surface area contributed by atoms with Crippen molar-refractivity contribution in [2.24, 2.45) is 29.1 Å². The fraction of sp³-hybridized carbons (Fsp3) is 0.750. The molecule has 4 aliphatic rings. The first-order valence-corrected chi connectivity index (χ1v) is 12.7. The Morgan fingerprint density at radius 2 is 1.91 bits per heavy atom. The minimum Gasteiger partial charge on any atom is -0.393 e. The van der Waals surface area contributed by atoms with Crippen molar-refractivity contribution in [3.8, 4) is 0 Å². The molecule has 0 spiro atoms. The summed E-state index contributed by atoms with van der Waals surface area (Å²) in [5.74, 6) is 1.72. The Morgan fingerprint density at radius 3 is 2.59 bits per heavy atom. The molecule has 2 unspecified atom stereocenters. The molecule has 4 heteroatoms. The van der Waals surface area contributed by atoms with Crippen LogP contribution in [0.5, 0.6) is 0 Å². The standard InChI is InChI=1S/C28H42O4/c1-17(14-21-11-13-28(4,32)26(21)31)23-9-10-24-19(6-5-12-27(23,24)3)7-8-20-15-22(29)16-25(30)18(20)2/h7-8,17,21-25,29-30,32H,2,5-6,9-16H2,1,3-4H3/b19-7+,20-8-/t17-,21?,22-,23-,24+,25+,27-,28?/m1/s1. The van der Waals surface area contributed by atoms with E-state index in [4.69, 9.17) is 0 Å². The molecule has 0 bridgehead atoms. The monoisotopic (exact) mass is 442 g/mol. The van der Waals surface area contributed by atoms with Gasteiger partial charge >= 0.3 is 0 Å². The van der Waals surface area contributed by atoms with Crippen molar-refractivity contribution in [3.05, 3.63) is 35.5 Å². The largest absolute Gasteiger partial charge is 0.393 e. The molecule has 0 aromatic rings. The highest BCUT2D eigenvalue weighted by Crippen LogP contribution is 2.60. The van der Waals surface area contributed by atoms with Gasteiger partial charge in [-0.05, 0) is 99.0 Å². The minimum absolute atomic E-state index is 0.0150. The molecule has 0 heterocycles. The predicted molar refractivity (Wildman–Crippen MR) is 127 cm³/mol. The van der Waals surface area contributed by atoms with Crippen LogP contribution in [-0.2, 0) is 4.79 Å². The zero-order valence-corrected chi connectivity index (χ0v) is 20.1. The Kier molecular flexibility index (Phi) is 6.61. The number of fused-ring (bicyclic) bond motifs is 1. The lowest BCUT2D eigenvalue weighted by atomic mass is 9.60. The number of hydrogen-bond donors (Lipinski definition) is 3. The molecular weight excluding hydrogens is 400 g/mol. The van der Waals surface area contributed by atoms with Crippen LogP contribution in [-0.4, -0.2) is 38.9 Å². The Labute approximate surface area is 193 Å². The predicted octanol–water partition coefficient (Wildman–Crippen LogP) is 4.88. The van der Waals surface area contributed by atoms with Gasteiger partial charge in [-0.15, -0.1) is 0 Å². The Morgan fingerprint density at radius 1 is 1.16 bits per heavy atom. The third-order valence-electron chi connectivity index (χ3n) is 9.53.